The molecule has 0 bridgehead atoms. The van der Waals surface area contributed by atoms with Crippen LogP contribution in [0.4, 0.5) is 8.78 Å². The Bertz CT molecular complexity index is 248. The molecule has 0 aliphatic carbocycles. The van der Waals surface area contributed by atoms with Gasteiger partial charge in [-0.25, -0.2) is 8.78 Å². The van der Waals surface area contributed by atoms with E-state index in [1.807, 2.05) is 0 Å². The van der Waals surface area contributed by atoms with Gasteiger partial charge in [0.05, 0.1) is 6.61 Å². The molecule has 3 heteroatoms. The highest BCUT2D eigenvalue weighted by Crippen LogP contribution is 2.11. The van der Waals surface area contributed by atoms with Gasteiger partial charge in [0.2, 0.25) is 0 Å². The molecule has 0 N–H and O–H groups in total. The van der Waals surface area contributed by atoms with Gasteiger partial charge in [-0.3, -0.25) is 0 Å². The summed E-state index contributed by atoms with van der Waals surface area (Å²) in [6, 6.07) is 4.02. The molecule has 0 fully saturated rings. The first kappa shape index (κ1) is 8.14. The molecule has 0 radical (unpaired) electrons. The van der Waals surface area contributed by atoms with Crippen LogP contribution in [0, 0.1) is 11.6 Å². The third kappa shape index (κ3) is 1.74. The quantitative estimate of drug-likeness (QED) is 0.640. The lowest BCUT2D eigenvalue weighted by molar-refractivity contribution is 0.180. The number of benzene rings is 1. The lowest BCUT2D eigenvalue weighted by Gasteiger charge is -2.00. The second-order valence-electron chi connectivity index (χ2n) is 2.15. The zero-order valence-corrected chi connectivity index (χ0v) is 6.10. The van der Waals surface area contributed by atoms with Crippen molar-refractivity contribution in [2.45, 2.75) is 6.61 Å². The maximum absolute atomic E-state index is 12.7. The van der Waals surface area contributed by atoms with E-state index in [4.69, 9.17) is 0 Å². The summed E-state index contributed by atoms with van der Waals surface area (Å²) in [7, 11) is 1.43. The van der Waals surface area contributed by atoms with Crippen molar-refractivity contribution in [2.75, 3.05) is 7.11 Å². The zero-order valence-electron chi connectivity index (χ0n) is 6.10. The Hall–Kier alpha value is -0.960. The van der Waals surface area contributed by atoms with Crippen molar-refractivity contribution in [2.24, 2.45) is 0 Å². The van der Waals surface area contributed by atoms with Gasteiger partial charge in [-0.05, 0) is 6.07 Å². The molecular formula is C8H8F2O. The second kappa shape index (κ2) is 3.44. The number of halogens is 2. The second-order valence-corrected chi connectivity index (χ2v) is 2.15. The molecule has 0 aromatic heterocycles. The SMILES string of the molecule is COCc1cccc(F)c1F. The van der Waals surface area contributed by atoms with Crippen LogP contribution in [0.5, 0.6) is 0 Å². The van der Waals surface area contributed by atoms with Crippen LogP contribution in [-0.4, -0.2) is 7.11 Å². The van der Waals surface area contributed by atoms with Crippen molar-refractivity contribution >= 4 is 0 Å². The summed E-state index contributed by atoms with van der Waals surface area (Å²) in [5.41, 5.74) is 0.243. The van der Waals surface area contributed by atoms with Crippen molar-refractivity contribution in [3.05, 3.63) is 35.4 Å². The van der Waals surface area contributed by atoms with Crippen molar-refractivity contribution in [1.82, 2.24) is 0 Å². The van der Waals surface area contributed by atoms with Crippen LogP contribution in [0.15, 0.2) is 18.2 Å². The van der Waals surface area contributed by atoms with Gasteiger partial charge in [0.1, 0.15) is 0 Å². The lowest BCUT2D eigenvalue weighted by Crippen LogP contribution is -1.94. The van der Waals surface area contributed by atoms with Crippen LogP contribution >= 0.6 is 0 Å². The smallest absolute Gasteiger partial charge is 0.164 e. The van der Waals surface area contributed by atoms with Crippen molar-refractivity contribution in [3.8, 4) is 0 Å². The Balaban J connectivity index is 2.96. The first-order valence-electron chi connectivity index (χ1n) is 3.17. The number of ether oxygens (including phenoxy) is 1. The van der Waals surface area contributed by atoms with Crippen LogP contribution in [0.3, 0.4) is 0 Å². The minimum Gasteiger partial charge on any atom is -0.380 e. The summed E-state index contributed by atoms with van der Waals surface area (Å²) in [4.78, 5) is 0. The molecule has 11 heavy (non-hydrogen) atoms. The first-order chi connectivity index (χ1) is 5.25. The van der Waals surface area contributed by atoms with Gasteiger partial charge in [-0.15, -0.1) is 0 Å². The zero-order chi connectivity index (χ0) is 8.27. The molecule has 1 rings (SSSR count). The Morgan fingerprint density at radius 2 is 2.09 bits per heavy atom. The third-order valence-electron chi connectivity index (χ3n) is 1.33. The lowest BCUT2D eigenvalue weighted by atomic mass is 10.2. The third-order valence-corrected chi connectivity index (χ3v) is 1.33. The molecule has 0 aliphatic rings. The van der Waals surface area contributed by atoms with E-state index in [1.54, 1.807) is 0 Å². The molecule has 1 aromatic carbocycles. The number of rotatable bonds is 2. The van der Waals surface area contributed by atoms with Gasteiger partial charge in [-0.2, -0.15) is 0 Å². The van der Waals surface area contributed by atoms with E-state index >= 15 is 0 Å². The summed E-state index contributed by atoms with van der Waals surface area (Å²) in [5.74, 6) is -1.66. The van der Waals surface area contributed by atoms with Crippen LogP contribution in [0.25, 0.3) is 0 Å². The maximum atomic E-state index is 12.7. The average molecular weight is 158 g/mol. The molecule has 0 saturated carbocycles. The Kier molecular flexibility index (Phi) is 2.54. The Morgan fingerprint density at radius 3 is 2.73 bits per heavy atom. The van der Waals surface area contributed by atoms with E-state index in [2.05, 4.69) is 4.74 Å². The predicted molar refractivity (Wildman–Crippen MR) is 37.1 cm³/mol. The van der Waals surface area contributed by atoms with Crippen LogP contribution in [0.1, 0.15) is 5.56 Å². The van der Waals surface area contributed by atoms with Crippen LogP contribution in [0.2, 0.25) is 0 Å². The summed E-state index contributed by atoms with van der Waals surface area (Å²) in [6.07, 6.45) is 0. The summed E-state index contributed by atoms with van der Waals surface area (Å²) < 4.78 is 29.9. The number of hydrogen-bond donors (Lipinski definition) is 0. The van der Waals surface area contributed by atoms with E-state index in [1.165, 1.54) is 19.2 Å². The molecule has 0 spiro atoms. The highest BCUT2D eigenvalue weighted by molar-refractivity contribution is 5.17. The topological polar surface area (TPSA) is 9.23 Å². The van der Waals surface area contributed by atoms with Gasteiger partial charge in [-0.1, -0.05) is 12.1 Å². The number of methoxy groups -OCH3 is 1. The molecule has 0 atom stereocenters. The van der Waals surface area contributed by atoms with Crippen LogP contribution in [-0.2, 0) is 11.3 Å². The van der Waals surface area contributed by atoms with Crippen molar-refractivity contribution in [3.63, 3.8) is 0 Å². The first-order valence-corrected chi connectivity index (χ1v) is 3.17. The van der Waals surface area contributed by atoms with Gasteiger partial charge >= 0.3 is 0 Å². The van der Waals surface area contributed by atoms with E-state index < -0.39 is 11.6 Å². The van der Waals surface area contributed by atoms with Gasteiger partial charge in [0, 0.05) is 12.7 Å². The van der Waals surface area contributed by atoms with Gasteiger partial charge in [0.25, 0.3) is 0 Å². The molecule has 60 valence electrons. The largest absolute Gasteiger partial charge is 0.380 e. The molecule has 0 unspecified atom stereocenters. The molecule has 1 nitrogen and oxygen atoms in total. The fourth-order valence-electron chi connectivity index (χ4n) is 0.815. The fraction of sp³-hybridized carbons (Fsp3) is 0.250. The monoisotopic (exact) mass is 158 g/mol. The average Bonchev–Trinajstić information content (AvgIpc) is 1.99. The van der Waals surface area contributed by atoms with Crippen LogP contribution < -0.4 is 0 Å². The molecule has 0 saturated heterocycles. The standard InChI is InChI=1S/C8H8F2O/c1-11-5-6-3-2-4-7(9)8(6)10/h2-4H,5H2,1H3. The molecule has 0 amide bonds. The normalized spacial score (nSPS) is 10.1. The van der Waals surface area contributed by atoms with Crippen molar-refractivity contribution < 1.29 is 13.5 Å². The highest BCUT2D eigenvalue weighted by atomic mass is 19.2. The summed E-state index contributed by atoms with van der Waals surface area (Å²) in [5, 5.41) is 0. The van der Waals surface area contributed by atoms with E-state index in [0.717, 1.165) is 6.07 Å². The highest BCUT2D eigenvalue weighted by Gasteiger charge is 2.05. The summed E-state index contributed by atoms with van der Waals surface area (Å²) >= 11 is 0. The van der Waals surface area contributed by atoms with E-state index in [-0.39, 0.29) is 12.2 Å². The van der Waals surface area contributed by atoms with Gasteiger partial charge in [0.15, 0.2) is 11.6 Å². The van der Waals surface area contributed by atoms with E-state index in [9.17, 15) is 8.78 Å². The summed E-state index contributed by atoms with van der Waals surface area (Å²) in [6.45, 7) is 0.101. The van der Waals surface area contributed by atoms with E-state index in [0.29, 0.717) is 0 Å². The Morgan fingerprint density at radius 1 is 1.36 bits per heavy atom. The minimum atomic E-state index is -0.834. The van der Waals surface area contributed by atoms with Gasteiger partial charge < -0.3 is 4.74 Å². The molecule has 1 aromatic rings. The Labute approximate surface area is 63.6 Å². The maximum Gasteiger partial charge on any atom is 0.164 e. The molecule has 0 heterocycles. The van der Waals surface area contributed by atoms with Crippen molar-refractivity contribution in [1.29, 1.82) is 0 Å². The predicted octanol–water partition coefficient (Wildman–Crippen LogP) is 2.11. The minimum absolute atomic E-state index is 0.101. The molecule has 0 aliphatic heterocycles. The number of hydrogen-bond acceptors (Lipinski definition) is 1. The fourth-order valence-corrected chi connectivity index (χ4v) is 0.815. The molecular weight excluding hydrogens is 150 g/mol.